The molecule has 1 saturated heterocycles. The van der Waals surface area contributed by atoms with Crippen molar-refractivity contribution in [1.82, 2.24) is 9.78 Å². The minimum atomic E-state index is -0.912. The summed E-state index contributed by atoms with van der Waals surface area (Å²) in [5.74, 6) is -0.912. The zero-order chi connectivity index (χ0) is 14.2. The van der Waals surface area contributed by atoms with Gasteiger partial charge in [-0.1, -0.05) is 19.3 Å². The SMILES string of the molecule is Cc1nn(CC2CCC3(CCCCC3)O2)cc1C(=O)O. The van der Waals surface area contributed by atoms with E-state index < -0.39 is 5.97 Å². The van der Waals surface area contributed by atoms with Crippen molar-refractivity contribution in [2.24, 2.45) is 0 Å². The molecule has 1 aliphatic heterocycles. The molecule has 1 N–H and O–H groups in total. The van der Waals surface area contributed by atoms with Crippen molar-refractivity contribution >= 4 is 5.97 Å². The number of carbonyl (C=O) groups is 1. The normalized spacial score (nSPS) is 25.1. The van der Waals surface area contributed by atoms with Crippen LogP contribution in [-0.4, -0.2) is 32.6 Å². The molecule has 2 fully saturated rings. The molecular weight excluding hydrogens is 256 g/mol. The molecule has 0 bridgehead atoms. The van der Waals surface area contributed by atoms with E-state index in [2.05, 4.69) is 5.10 Å². The van der Waals surface area contributed by atoms with Gasteiger partial charge in [0.05, 0.1) is 23.9 Å². The summed E-state index contributed by atoms with van der Waals surface area (Å²) < 4.78 is 8.02. The first-order valence-electron chi connectivity index (χ1n) is 7.53. The summed E-state index contributed by atoms with van der Waals surface area (Å²) in [7, 11) is 0. The monoisotopic (exact) mass is 278 g/mol. The second-order valence-corrected chi connectivity index (χ2v) is 6.18. The van der Waals surface area contributed by atoms with Crippen LogP contribution in [0.5, 0.6) is 0 Å². The van der Waals surface area contributed by atoms with Crippen LogP contribution in [0.15, 0.2) is 6.20 Å². The molecule has 5 nitrogen and oxygen atoms in total. The summed E-state index contributed by atoms with van der Waals surface area (Å²) in [5, 5.41) is 13.3. The minimum Gasteiger partial charge on any atom is -0.478 e. The molecule has 3 rings (SSSR count). The molecule has 2 aliphatic rings. The van der Waals surface area contributed by atoms with Crippen LogP contribution in [0.4, 0.5) is 0 Å². The highest BCUT2D eigenvalue weighted by Crippen LogP contribution is 2.42. The first kappa shape index (κ1) is 13.6. The Bertz CT molecular complexity index is 503. The highest BCUT2D eigenvalue weighted by Gasteiger charge is 2.40. The molecule has 1 aliphatic carbocycles. The summed E-state index contributed by atoms with van der Waals surface area (Å²) in [4.78, 5) is 11.0. The van der Waals surface area contributed by atoms with E-state index in [1.807, 2.05) is 0 Å². The van der Waals surface area contributed by atoms with Crippen molar-refractivity contribution in [1.29, 1.82) is 0 Å². The summed E-state index contributed by atoms with van der Waals surface area (Å²) in [6, 6.07) is 0. The van der Waals surface area contributed by atoms with E-state index in [0.29, 0.717) is 12.2 Å². The van der Waals surface area contributed by atoms with Gasteiger partial charge in [0, 0.05) is 6.20 Å². The number of hydrogen-bond acceptors (Lipinski definition) is 3. The predicted molar refractivity (Wildman–Crippen MR) is 73.8 cm³/mol. The highest BCUT2D eigenvalue weighted by atomic mass is 16.5. The van der Waals surface area contributed by atoms with Crippen molar-refractivity contribution < 1.29 is 14.6 Å². The Morgan fingerprint density at radius 2 is 2.20 bits per heavy atom. The van der Waals surface area contributed by atoms with Crippen LogP contribution in [0, 0.1) is 6.92 Å². The Balaban J connectivity index is 1.64. The maximum atomic E-state index is 11.0. The van der Waals surface area contributed by atoms with E-state index in [0.717, 1.165) is 12.8 Å². The molecule has 0 aromatic carbocycles. The number of aromatic carboxylic acids is 1. The number of ether oxygens (including phenoxy) is 1. The van der Waals surface area contributed by atoms with Gasteiger partial charge in [0.2, 0.25) is 0 Å². The first-order valence-corrected chi connectivity index (χ1v) is 7.53. The molecule has 2 heterocycles. The van der Waals surface area contributed by atoms with Crippen LogP contribution in [0.3, 0.4) is 0 Å². The average molecular weight is 278 g/mol. The van der Waals surface area contributed by atoms with Gasteiger partial charge >= 0.3 is 5.97 Å². The van der Waals surface area contributed by atoms with Gasteiger partial charge in [-0.2, -0.15) is 5.10 Å². The van der Waals surface area contributed by atoms with Gasteiger partial charge in [0.1, 0.15) is 5.56 Å². The number of aryl methyl sites for hydroxylation is 1. The number of aromatic nitrogens is 2. The number of rotatable bonds is 3. The molecule has 1 aromatic heterocycles. The van der Waals surface area contributed by atoms with Gasteiger partial charge in [-0.15, -0.1) is 0 Å². The maximum absolute atomic E-state index is 11.0. The molecule has 20 heavy (non-hydrogen) atoms. The van der Waals surface area contributed by atoms with E-state index >= 15 is 0 Å². The molecule has 1 unspecified atom stereocenters. The molecule has 1 saturated carbocycles. The lowest BCUT2D eigenvalue weighted by Crippen LogP contribution is -2.32. The number of nitrogens with zero attached hydrogens (tertiary/aromatic N) is 2. The fourth-order valence-corrected chi connectivity index (χ4v) is 3.62. The third-order valence-electron chi connectivity index (χ3n) is 4.67. The van der Waals surface area contributed by atoms with E-state index in [1.165, 1.54) is 32.1 Å². The van der Waals surface area contributed by atoms with Crippen LogP contribution < -0.4 is 0 Å². The quantitative estimate of drug-likeness (QED) is 0.923. The fourth-order valence-electron chi connectivity index (χ4n) is 3.62. The zero-order valence-corrected chi connectivity index (χ0v) is 12.0. The third-order valence-corrected chi connectivity index (χ3v) is 4.67. The molecule has 1 aromatic rings. The number of carboxylic acid groups (broad SMARTS) is 1. The van der Waals surface area contributed by atoms with Crippen LogP contribution >= 0.6 is 0 Å². The van der Waals surface area contributed by atoms with Gasteiger partial charge in [0.15, 0.2) is 0 Å². The Morgan fingerprint density at radius 3 is 2.85 bits per heavy atom. The average Bonchev–Trinajstić information content (AvgIpc) is 2.96. The summed E-state index contributed by atoms with van der Waals surface area (Å²) in [6.45, 7) is 2.40. The Morgan fingerprint density at radius 1 is 1.45 bits per heavy atom. The second-order valence-electron chi connectivity index (χ2n) is 6.18. The van der Waals surface area contributed by atoms with Crippen molar-refractivity contribution in [3.05, 3.63) is 17.5 Å². The van der Waals surface area contributed by atoms with E-state index in [-0.39, 0.29) is 17.3 Å². The fraction of sp³-hybridized carbons (Fsp3) is 0.733. The summed E-state index contributed by atoms with van der Waals surface area (Å²) in [6.07, 6.45) is 10.2. The molecule has 0 amide bonds. The van der Waals surface area contributed by atoms with Gasteiger partial charge < -0.3 is 9.84 Å². The summed E-state index contributed by atoms with van der Waals surface area (Å²) >= 11 is 0. The minimum absolute atomic E-state index is 0.112. The Labute approximate surface area is 118 Å². The molecule has 5 heteroatoms. The highest BCUT2D eigenvalue weighted by molar-refractivity contribution is 5.88. The van der Waals surface area contributed by atoms with Crippen LogP contribution in [0.2, 0.25) is 0 Å². The number of hydrogen-bond donors (Lipinski definition) is 1. The number of carboxylic acids is 1. The zero-order valence-electron chi connectivity index (χ0n) is 12.0. The standard InChI is InChI=1S/C15H22N2O3/c1-11-13(14(18)19)10-17(16-11)9-12-5-8-15(20-12)6-3-2-4-7-15/h10,12H,2-9H2,1H3,(H,18,19). The lowest BCUT2D eigenvalue weighted by atomic mass is 9.83. The Hall–Kier alpha value is -1.36. The van der Waals surface area contributed by atoms with Crippen LogP contribution in [0.1, 0.15) is 61.0 Å². The van der Waals surface area contributed by atoms with Crippen molar-refractivity contribution in [2.75, 3.05) is 0 Å². The van der Waals surface area contributed by atoms with Gasteiger partial charge in [-0.05, 0) is 32.6 Å². The van der Waals surface area contributed by atoms with Crippen molar-refractivity contribution in [2.45, 2.75) is 70.1 Å². The van der Waals surface area contributed by atoms with Crippen molar-refractivity contribution in [3.63, 3.8) is 0 Å². The van der Waals surface area contributed by atoms with E-state index in [4.69, 9.17) is 9.84 Å². The third kappa shape index (κ3) is 2.59. The lowest BCUT2D eigenvalue weighted by molar-refractivity contribution is -0.0688. The maximum Gasteiger partial charge on any atom is 0.339 e. The predicted octanol–water partition coefficient (Wildman–Crippen LogP) is 2.77. The van der Waals surface area contributed by atoms with Crippen LogP contribution in [0.25, 0.3) is 0 Å². The van der Waals surface area contributed by atoms with E-state index in [1.54, 1.807) is 17.8 Å². The van der Waals surface area contributed by atoms with Crippen molar-refractivity contribution in [3.8, 4) is 0 Å². The smallest absolute Gasteiger partial charge is 0.339 e. The van der Waals surface area contributed by atoms with Crippen LogP contribution in [-0.2, 0) is 11.3 Å². The molecule has 0 radical (unpaired) electrons. The first-order chi connectivity index (χ1) is 9.58. The second kappa shape index (κ2) is 5.20. The largest absolute Gasteiger partial charge is 0.478 e. The van der Waals surface area contributed by atoms with E-state index in [9.17, 15) is 4.79 Å². The molecule has 1 spiro atoms. The molecule has 1 atom stereocenters. The Kier molecular flexibility index (Phi) is 3.54. The summed E-state index contributed by atoms with van der Waals surface area (Å²) in [5.41, 5.74) is 0.971. The van der Waals surface area contributed by atoms with Gasteiger partial charge in [-0.3, -0.25) is 4.68 Å². The topological polar surface area (TPSA) is 64.4 Å². The molecule has 110 valence electrons. The molecular formula is C15H22N2O3. The van der Waals surface area contributed by atoms with Gasteiger partial charge in [-0.25, -0.2) is 4.79 Å². The lowest BCUT2D eigenvalue weighted by Gasteiger charge is -2.33. The van der Waals surface area contributed by atoms with Gasteiger partial charge in [0.25, 0.3) is 0 Å².